The SMILES string of the molecule is CCNC(=O)CN(C)C(=O)CN(C)C(=O)CN(C)C(=O)C(CCCN(C[C@H](O)[C@@H](O)[C@H](O)[C@H](O)CO)C[C@H](O)[C@@H](O)[C@H](O)[C@H](O)CO)N(C)C(=O)CNC(=O)CN(C)C(=O)CN(C)C. The van der Waals surface area contributed by atoms with Gasteiger partial charge in [-0.15, -0.1) is 0 Å². The summed E-state index contributed by atoms with van der Waals surface area (Å²) in [6, 6.07) is -1.38. The van der Waals surface area contributed by atoms with E-state index in [4.69, 9.17) is 0 Å². The monoisotopic (exact) mass is 928 g/mol. The van der Waals surface area contributed by atoms with E-state index in [1.54, 1.807) is 25.9 Å². The zero-order chi connectivity index (χ0) is 49.6. The number of likely N-dealkylation sites (N-methyl/N-ethyl adjacent to an activating group) is 7. The molecular weight excluding hydrogens is 854 g/mol. The number of nitrogens with zero attached hydrogens (tertiary/aromatic N) is 7. The lowest BCUT2D eigenvalue weighted by Gasteiger charge is -2.34. The van der Waals surface area contributed by atoms with E-state index >= 15 is 0 Å². The van der Waals surface area contributed by atoms with Gasteiger partial charge in [-0.1, -0.05) is 0 Å². The fourth-order valence-electron chi connectivity index (χ4n) is 5.97. The van der Waals surface area contributed by atoms with Crippen LogP contribution in [0.15, 0.2) is 0 Å². The van der Waals surface area contributed by atoms with Crippen LogP contribution in [0.4, 0.5) is 0 Å². The van der Waals surface area contributed by atoms with Gasteiger partial charge in [0.15, 0.2) is 0 Å². The molecule has 0 radical (unpaired) electrons. The van der Waals surface area contributed by atoms with Crippen LogP contribution in [0.2, 0.25) is 0 Å². The molecule has 1 unspecified atom stereocenters. The van der Waals surface area contributed by atoms with Crippen LogP contribution in [0.5, 0.6) is 0 Å². The molecule has 0 rings (SSSR count). The molecule has 7 amide bonds. The topological polar surface area (TPSA) is 369 Å². The van der Waals surface area contributed by atoms with Gasteiger partial charge >= 0.3 is 0 Å². The zero-order valence-corrected chi connectivity index (χ0v) is 38.1. The molecule has 0 bridgehead atoms. The third kappa shape index (κ3) is 21.2. The van der Waals surface area contributed by atoms with Gasteiger partial charge in [0.1, 0.15) is 42.7 Å². The minimum Gasteiger partial charge on any atom is -0.394 e. The van der Waals surface area contributed by atoms with Gasteiger partial charge in [-0.3, -0.25) is 38.5 Å². The van der Waals surface area contributed by atoms with Crippen LogP contribution in [-0.2, 0) is 33.6 Å². The van der Waals surface area contributed by atoms with Gasteiger partial charge in [-0.05, 0) is 40.4 Å². The van der Waals surface area contributed by atoms with E-state index in [-0.39, 0.29) is 38.4 Å². The van der Waals surface area contributed by atoms with Gasteiger partial charge in [0, 0.05) is 54.9 Å². The summed E-state index contributed by atoms with van der Waals surface area (Å²) in [6.45, 7) is -3.65. The van der Waals surface area contributed by atoms with Crippen molar-refractivity contribution >= 4 is 41.4 Å². The summed E-state index contributed by atoms with van der Waals surface area (Å²) in [4.78, 5) is 98.4. The Labute approximate surface area is 373 Å². The quantitative estimate of drug-likeness (QED) is 0.0307. The predicted molar refractivity (Wildman–Crippen MR) is 225 cm³/mol. The van der Waals surface area contributed by atoms with Crippen molar-refractivity contribution in [2.24, 2.45) is 0 Å². The Morgan fingerprint density at radius 1 is 0.500 bits per heavy atom. The first kappa shape index (κ1) is 59.8. The third-order valence-corrected chi connectivity index (χ3v) is 10.1. The number of aliphatic hydroxyl groups is 10. The van der Waals surface area contributed by atoms with Crippen molar-refractivity contribution in [2.45, 2.75) is 74.6 Å². The highest BCUT2D eigenvalue weighted by Gasteiger charge is 2.36. The number of amides is 7. The summed E-state index contributed by atoms with van der Waals surface area (Å²) in [5, 5.41) is 106. The highest BCUT2D eigenvalue weighted by Crippen LogP contribution is 2.15. The first-order chi connectivity index (χ1) is 29.7. The molecule has 0 fully saturated rings. The summed E-state index contributed by atoms with van der Waals surface area (Å²) < 4.78 is 0. The van der Waals surface area contributed by atoms with Crippen LogP contribution >= 0.6 is 0 Å². The number of hydrogen-bond acceptors (Lipinski definition) is 19. The molecule has 12 N–H and O–H groups in total. The molecular formula is C38H73N9O17. The Hall–Kier alpha value is -4.19. The van der Waals surface area contributed by atoms with E-state index < -0.39 is 143 Å². The van der Waals surface area contributed by atoms with E-state index in [1.807, 2.05) is 0 Å². The van der Waals surface area contributed by atoms with Crippen molar-refractivity contribution in [1.82, 2.24) is 44.9 Å². The number of carbonyl (C=O) groups excluding carboxylic acids is 7. The van der Waals surface area contributed by atoms with Gasteiger partial charge in [-0.25, -0.2) is 0 Å². The molecule has 9 atom stereocenters. The second-order valence-corrected chi connectivity index (χ2v) is 15.9. The first-order valence-electron chi connectivity index (χ1n) is 20.5. The first-order valence-corrected chi connectivity index (χ1v) is 20.5. The smallest absolute Gasteiger partial charge is 0.245 e. The zero-order valence-electron chi connectivity index (χ0n) is 38.1. The van der Waals surface area contributed by atoms with Crippen LogP contribution in [0.25, 0.3) is 0 Å². The Kier molecular flexibility index (Phi) is 28.1. The molecule has 0 spiro atoms. The molecule has 0 saturated heterocycles. The molecule has 0 aliphatic rings. The van der Waals surface area contributed by atoms with Crippen LogP contribution in [0.3, 0.4) is 0 Å². The van der Waals surface area contributed by atoms with Gasteiger partial charge in [0.05, 0.1) is 64.7 Å². The molecule has 372 valence electrons. The predicted octanol–water partition coefficient (Wildman–Crippen LogP) is -9.59. The summed E-state index contributed by atoms with van der Waals surface area (Å²) in [6.07, 6.45) is -16.0. The molecule has 0 aromatic heterocycles. The maximum Gasteiger partial charge on any atom is 0.245 e. The lowest BCUT2D eigenvalue weighted by Crippen LogP contribution is -2.54. The average molecular weight is 928 g/mol. The molecule has 0 saturated carbocycles. The maximum absolute atomic E-state index is 14.1. The minimum absolute atomic E-state index is 0.0201. The molecule has 26 heteroatoms. The van der Waals surface area contributed by atoms with Crippen LogP contribution in [-0.4, -0.2) is 310 Å². The number of hydrogen-bond donors (Lipinski definition) is 12. The average Bonchev–Trinajstić information content (AvgIpc) is 3.24. The van der Waals surface area contributed by atoms with Crippen molar-refractivity contribution in [3.8, 4) is 0 Å². The number of carbonyl (C=O) groups is 7. The van der Waals surface area contributed by atoms with Crippen molar-refractivity contribution in [3.05, 3.63) is 0 Å². The summed E-state index contributed by atoms with van der Waals surface area (Å²) in [7, 11) is 9.90. The Balaban J connectivity index is 6.43. The molecule has 0 aromatic rings. The number of rotatable bonds is 31. The highest BCUT2D eigenvalue weighted by atomic mass is 16.4. The van der Waals surface area contributed by atoms with Crippen LogP contribution < -0.4 is 10.6 Å². The minimum atomic E-state index is -2.06. The molecule has 26 nitrogen and oxygen atoms in total. The van der Waals surface area contributed by atoms with Crippen molar-refractivity contribution in [1.29, 1.82) is 0 Å². The lowest BCUT2D eigenvalue weighted by atomic mass is 10.0. The van der Waals surface area contributed by atoms with Gasteiger partial charge in [-0.2, -0.15) is 0 Å². The molecule has 0 aliphatic heterocycles. The van der Waals surface area contributed by atoms with E-state index in [2.05, 4.69) is 10.6 Å². The van der Waals surface area contributed by atoms with E-state index in [0.717, 1.165) is 24.5 Å². The standard InChI is InChI=1S/C38H73N9O17/c1-9-39-28(54)16-43(5)32(58)19-44(6)33(59)20-45(7)38(64)23(46(8)30(56)13-40-29(55)17-42(4)31(57)18-41(2)3)11-10-12-47(14-24(50)34(60)36(62)26(52)21-48)15-25(51)35(61)37(63)27(53)22-49/h23-27,34-37,48-53,60-63H,9-22H2,1-8H3,(H,39,54)(H,40,55)/t23?,24-,25-,26+,27+,34+,35+,36+,37+/m0/s1. The maximum atomic E-state index is 14.1. The Morgan fingerprint density at radius 2 is 0.891 bits per heavy atom. The van der Waals surface area contributed by atoms with Gasteiger partial charge in [0.25, 0.3) is 0 Å². The second kappa shape index (κ2) is 30.1. The molecule has 0 aliphatic carbocycles. The van der Waals surface area contributed by atoms with Crippen LogP contribution in [0.1, 0.15) is 19.8 Å². The van der Waals surface area contributed by atoms with Crippen molar-refractivity contribution < 1.29 is 84.6 Å². The number of aliphatic hydroxyl groups excluding tert-OH is 10. The summed E-state index contributed by atoms with van der Waals surface area (Å²) in [5.41, 5.74) is 0. The fourth-order valence-corrected chi connectivity index (χ4v) is 5.97. The van der Waals surface area contributed by atoms with Gasteiger partial charge in [0.2, 0.25) is 41.4 Å². The largest absolute Gasteiger partial charge is 0.394 e. The van der Waals surface area contributed by atoms with Crippen molar-refractivity contribution in [2.75, 3.05) is 128 Å². The van der Waals surface area contributed by atoms with Gasteiger partial charge < -0.3 is 91.1 Å². The lowest BCUT2D eigenvalue weighted by molar-refractivity contribution is -0.147. The normalized spacial score (nSPS) is 15.8. The second-order valence-electron chi connectivity index (χ2n) is 15.9. The van der Waals surface area contributed by atoms with E-state index in [0.29, 0.717) is 6.54 Å². The van der Waals surface area contributed by atoms with Crippen LogP contribution in [0, 0.1) is 0 Å². The molecule has 0 heterocycles. The highest BCUT2D eigenvalue weighted by molar-refractivity contribution is 5.93. The molecule has 0 aromatic carbocycles. The fraction of sp³-hybridized carbons (Fsp3) is 0.816. The van der Waals surface area contributed by atoms with E-state index in [1.165, 1.54) is 40.1 Å². The van der Waals surface area contributed by atoms with Crippen molar-refractivity contribution in [3.63, 3.8) is 0 Å². The molecule has 64 heavy (non-hydrogen) atoms. The number of nitrogens with one attached hydrogen (secondary N) is 2. The summed E-state index contributed by atoms with van der Waals surface area (Å²) >= 11 is 0. The third-order valence-electron chi connectivity index (χ3n) is 10.1. The summed E-state index contributed by atoms with van der Waals surface area (Å²) in [5.74, 6) is -4.33. The van der Waals surface area contributed by atoms with E-state index in [9.17, 15) is 84.6 Å². The Morgan fingerprint density at radius 3 is 1.31 bits per heavy atom. The Bertz CT molecular complexity index is 1450.